The van der Waals surface area contributed by atoms with Gasteiger partial charge in [0.15, 0.2) is 5.78 Å². The molecule has 0 aromatic heterocycles. The average Bonchev–Trinajstić information content (AvgIpc) is 3.33. The molecule has 0 bridgehead atoms. The highest BCUT2D eigenvalue weighted by atomic mass is 16.7. The first-order chi connectivity index (χ1) is 30.9. The van der Waals surface area contributed by atoms with Crippen LogP contribution in [0.4, 0.5) is 0 Å². The number of hydrogen-bond acceptors (Lipinski definition) is 12. The number of carbonyl (C=O) groups excluding carboxylic acids is 2. The zero-order valence-electron chi connectivity index (χ0n) is 36.5. The first kappa shape index (κ1) is 48.6. The Morgan fingerprint density at radius 3 is 1.52 bits per heavy atom. The molecule has 0 spiro atoms. The van der Waals surface area contributed by atoms with Gasteiger partial charge in [0.05, 0.1) is 73.2 Å². The minimum absolute atomic E-state index is 0.0272. The molecule has 336 valence electrons. The predicted molar refractivity (Wildman–Crippen MR) is 237 cm³/mol. The fourth-order valence-electron chi connectivity index (χ4n) is 6.49. The summed E-state index contributed by atoms with van der Waals surface area (Å²) in [4.78, 5) is 28.8. The number of rotatable bonds is 31. The molecule has 12 heteroatoms. The van der Waals surface area contributed by atoms with E-state index in [4.69, 9.17) is 47.4 Å². The van der Waals surface area contributed by atoms with Crippen LogP contribution < -0.4 is 9.47 Å². The summed E-state index contributed by atoms with van der Waals surface area (Å²) in [6, 6.07) is 43.8. The third-order valence-electron chi connectivity index (χ3n) is 10.0. The molecule has 63 heavy (non-hydrogen) atoms. The molecule has 3 atom stereocenters. The highest BCUT2D eigenvalue weighted by Gasteiger charge is 2.41. The van der Waals surface area contributed by atoms with E-state index >= 15 is 0 Å². The number of ketones is 1. The molecule has 5 aromatic rings. The van der Waals surface area contributed by atoms with Gasteiger partial charge in [-0.3, -0.25) is 4.79 Å². The van der Waals surface area contributed by atoms with Crippen molar-refractivity contribution >= 4 is 11.8 Å². The molecule has 5 aromatic carbocycles. The molecule has 0 saturated heterocycles. The summed E-state index contributed by atoms with van der Waals surface area (Å²) in [7, 11) is 4.75. The Morgan fingerprint density at radius 2 is 1.02 bits per heavy atom. The molecular formula is C51H60O12. The van der Waals surface area contributed by atoms with E-state index in [1.807, 2.05) is 140 Å². The second kappa shape index (κ2) is 27.6. The summed E-state index contributed by atoms with van der Waals surface area (Å²) in [6.45, 7) is 1.31. The quantitative estimate of drug-likeness (QED) is 0.0184. The van der Waals surface area contributed by atoms with E-state index in [2.05, 4.69) is 0 Å². The van der Waals surface area contributed by atoms with Crippen molar-refractivity contribution in [2.24, 2.45) is 0 Å². The summed E-state index contributed by atoms with van der Waals surface area (Å²) in [5.41, 5.74) is 3.15. The maximum Gasteiger partial charge on any atom is 0.343 e. The van der Waals surface area contributed by atoms with Crippen LogP contribution in [0, 0.1) is 0 Å². The van der Waals surface area contributed by atoms with Gasteiger partial charge in [0.25, 0.3) is 0 Å². The van der Waals surface area contributed by atoms with Gasteiger partial charge in [0.1, 0.15) is 30.5 Å². The highest BCUT2D eigenvalue weighted by molar-refractivity contribution is 6.02. The van der Waals surface area contributed by atoms with Crippen LogP contribution in [0.25, 0.3) is 0 Å². The maximum absolute atomic E-state index is 14.6. The number of carbonyl (C=O) groups is 2. The number of hydrogen-bond donors (Lipinski definition) is 0. The van der Waals surface area contributed by atoms with E-state index in [9.17, 15) is 9.59 Å². The van der Waals surface area contributed by atoms with Gasteiger partial charge in [-0.25, -0.2) is 4.79 Å². The predicted octanol–water partition coefficient (Wildman–Crippen LogP) is 8.47. The van der Waals surface area contributed by atoms with Crippen LogP contribution in [0.1, 0.15) is 47.1 Å². The van der Waals surface area contributed by atoms with Crippen molar-refractivity contribution in [3.05, 3.63) is 167 Å². The molecule has 0 fully saturated rings. The van der Waals surface area contributed by atoms with Crippen LogP contribution in [0.5, 0.6) is 11.5 Å². The number of methoxy groups -OCH3 is 3. The second-order valence-corrected chi connectivity index (χ2v) is 14.9. The van der Waals surface area contributed by atoms with E-state index in [0.29, 0.717) is 12.4 Å². The Hall–Kier alpha value is -5.44. The Morgan fingerprint density at radius 1 is 0.540 bits per heavy atom. The van der Waals surface area contributed by atoms with Gasteiger partial charge in [-0.05, 0) is 58.5 Å². The Labute approximate surface area is 371 Å². The SMILES string of the molecule is COCOCCC(COCc1ccccc1)(COCc1ccc(OC)cc1)OC(C(=O)CC[C@H](COCc1ccccc1)OCc1ccc(OC)cc1)C(=O)OCc1ccccc1. The highest BCUT2D eigenvalue weighted by Crippen LogP contribution is 2.26. The minimum atomic E-state index is -1.64. The van der Waals surface area contributed by atoms with E-state index < -0.39 is 29.6 Å². The summed E-state index contributed by atoms with van der Waals surface area (Å²) in [6.07, 6.45) is -1.81. The number of benzene rings is 5. The molecule has 0 aliphatic rings. The van der Waals surface area contributed by atoms with Crippen LogP contribution in [-0.4, -0.2) is 84.1 Å². The summed E-state index contributed by atoms with van der Waals surface area (Å²) in [5.74, 6) is 0.123. The second-order valence-electron chi connectivity index (χ2n) is 14.9. The van der Waals surface area contributed by atoms with Crippen molar-refractivity contribution in [1.82, 2.24) is 0 Å². The van der Waals surface area contributed by atoms with Crippen LogP contribution in [0.2, 0.25) is 0 Å². The standard InChI is InChI=1S/C51H60O12/c1-54-39-57-30-29-51(37-59-32-41-15-9-5-10-16-41,38-60-33-43-19-23-45(55-2)24-20-43)63-49(50(53)62-35-42-17-11-6-12-18-42)48(52)28-27-47(36-58-31-40-13-7-4-8-14-40)61-34-44-21-25-46(56-3)26-22-44/h4-26,47,49H,27-39H2,1-3H3/t47-,49?,51?/m1/s1. The molecule has 12 nitrogen and oxygen atoms in total. The lowest BCUT2D eigenvalue weighted by atomic mass is 9.99. The third-order valence-corrected chi connectivity index (χ3v) is 10.0. The van der Waals surface area contributed by atoms with Crippen molar-refractivity contribution in [2.75, 3.05) is 54.5 Å². The van der Waals surface area contributed by atoms with Crippen molar-refractivity contribution < 1.29 is 57.0 Å². The lowest BCUT2D eigenvalue weighted by Crippen LogP contribution is -2.51. The van der Waals surface area contributed by atoms with Gasteiger partial charge < -0.3 is 47.4 Å². The monoisotopic (exact) mass is 864 g/mol. The first-order valence-electron chi connectivity index (χ1n) is 21.0. The van der Waals surface area contributed by atoms with Crippen LogP contribution in [-0.2, 0) is 80.5 Å². The molecule has 0 amide bonds. The molecular weight excluding hydrogens is 805 g/mol. The van der Waals surface area contributed by atoms with Gasteiger partial charge in [0.2, 0.25) is 6.10 Å². The Bertz CT molecular complexity index is 2000. The average molecular weight is 865 g/mol. The summed E-state index contributed by atoms with van der Waals surface area (Å²) >= 11 is 0. The van der Waals surface area contributed by atoms with Gasteiger partial charge in [0, 0.05) is 20.0 Å². The first-order valence-corrected chi connectivity index (χ1v) is 21.0. The normalized spacial score (nSPS) is 13.1. The molecule has 2 unspecified atom stereocenters. The molecule has 0 saturated carbocycles. The number of esters is 1. The maximum atomic E-state index is 14.6. The lowest BCUT2D eigenvalue weighted by molar-refractivity contribution is -0.200. The number of ether oxygens (including phenoxy) is 10. The van der Waals surface area contributed by atoms with Gasteiger partial charge in [-0.15, -0.1) is 0 Å². The van der Waals surface area contributed by atoms with E-state index in [-0.39, 0.29) is 78.9 Å². The van der Waals surface area contributed by atoms with Gasteiger partial charge >= 0.3 is 5.97 Å². The zero-order chi connectivity index (χ0) is 44.4. The topological polar surface area (TPSA) is 126 Å². The third kappa shape index (κ3) is 17.7. The van der Waals surface area contributed by atoms with Crippen LogP contribution in [0.3, 0.4) is 0 Å². The largest absolute Gasteiger partial charge is 0.497 e. The Balaban J connectivity index is 1.39. The van der Waals surface area contributed by atoms with Crippen molar-refractivity contribution in [3.63, 3.8) is 0 Å². The van der Waals surface area contributed by atoms with E-state index in [1.165, 1.54) is 7.11 Å². The summed E-state index contributed by atoms with van der Waals surface area (Å²) < 4.78 is 59.3. The van der Waals surface area contributed by atoms with E-state index in [0.717, 1.165) is 33.6 Å². The molecule has 0 aliphatic carbocycles. The van der Waals surface area contributed by atoms with Crippen LogP contribution in [0.15, 0.2) is 140 Å². The fourth-order valence-corrected chi connectivity index (χ4v) is 6.49. The van der Waals surface area contributed by atoms with Gasteiger partial charge in [-0.1, -0.05) is 115 Å². The fraction of sp³-hybridized carbons (Fsp3) is 0.373. The molecule has 0 radical (unpaired) electrons. The lowest BCUT2D eigenvalue weighted by Gasteiger charge is -2.36. The van der Waals surface area contributed by atoms with E-state index in [1.54, 1.807) is 14.2 Å². The molecule has 5 rings (SSSR count). The zero-order valence-corrected chi connectivity index (χ0v) is 36.5. The minimum Gasteiger partial charge on any atom is -0.497 e. The van der Waals surface area contributed by atoms with Crippen molar-refractivity contribution in [3.8, 4) is 11.5 Å². The van der Waals surface area contributed by atoms with Crippen LogP contribution >= 0.6 is 0 Å². The van der Waals surface area contributed by atoms with Crippen molar-refractivity contribution in [1.29, 1.82) is 0 Å². The Kier molecular flexibility index (Phi) is 21.3. The summed E-state index contributed by atoms with van der Waals surface area (Å²) in [5, 5.41) is 0. The molecule has 0 heterocycles. The molecule has 0 N–H and O–H groups in total. The smallest absolute Gasteiger partial charge is 0.343 e. The van der Waals surface area contributed by atoms with Crippen molar-refractivity contribution in [2.45, 2.75) is 70.1 Å². The number of Topliss-reactive ketones (excluding diaryl/α,β-unsaturated/α-hetero) is 1. The molecule has 0 aliphatic heterocycles. The van der Waals surface area contributed by atoms with Gasteiger partial charge in [-0.2, -0.15) is 0 Å².